The second-order valence-corrected chi connectivity index (χ2v) is 37.6. The largest absolute Gasteiger partial charge is 0.854 e. The lowest BCUT2D eigenvalue weighted by Gasteiger charge is -2.39. The number of unbranched alkanes of at least 4 members (excludes halogenated alkanes) is 45. The van der Waals surface area contributed by atoms with Gasteiger partial charge in [-0.3, -0.25) is 13.7 Å². The van der Waals surface area contributed by atoms with Crippen LogP contribution < -0.4 is 14.7 Å². The minimum absolute atomic E-state index is 0.0741. The summed E-state index contributed by atoms with van der Waals surface area (Å²) in [6.07, 6.45) is 77.6. The fourth-order valence-corrected chi connectivity index (χ4v) is 15.8. The number of benzene rings is 3. The standard InChI is InChI=1S/3C25H54N.3C6H6O3S.O3P/c3*1-5-8-11-14-17-20-23-26(4,24-21-18-15-12-9-6-2)25-22-19-16-13-10-7-3;3*7-10(8,9)6-4-2-1-3-5-6;1-4(2)3/h3*5-25H2,1-4H3;3*1-5H,(H,7,8,9);/q3*+1;;;;-3. The van der Waals surface area contributed by atoms with Crippen molar-refractivity contribution >= 4 is 39.0 Å². The summed E-state index contributed by atoms with van der Waals surface area (Å²) in [7, 11) is -7.70. The van der Waals surface area contributed by atoms with Crippen molar-refractivity contribution in [3.8, 4) is 0 Å². The van der Waals surface area contributed by atoms with Crippen molar-refractivity contribution in [3.63, 3.8) is 0 Å². The first-order chi connectivity index (χ1) is 53.6. The molecule has 0 saturated carbocycles. The first-order valence-electron chi connectivity index (χ1n) is 46.0. The van der Waals surface area contributed by atoms with Gasteiger partial charge in [0.2, 0.25) is 0 Å². The Bertz CT molecular complexity index is 2310. The number of quaternary nitrogens is 3. The highest BCUT2D eigenvalue weighted by Crippen LogP contribution is 2.21. The summed E-state index contributed by atoms with van der Waals surface area (Å²) in [6.45, 7) is 33.7. The molecule has 112 heavy (non-hydrogen) atoms. The van der Waals surface area contributed by atoms with E-state index in [4.69, 9.17) is 28.3 Å². The lowest BCUT2D eigenvalue weighted by Crippen LogP contribution is -2.46. The van der Waals surface area contributed by atoms with E-state index in [0.717, 1.165) is 0 Å². The molecule has 15 nitrogen and oxygen atoms in total. The minimum Gasteiger partial charge on any atom is -0.854 e. The molecule has 0 aromatic heterocycles. The molecular formula is C93H180N3O12PS3. The molecule has 0 spiro atoms. The Balaban J connectivity index is -0.000000645. The van der Waals surface area contributed by atoms with Crippen molar-refractivity contribution in [2.24, 2.45) is 0 Å². The van der Waals surface area contributed by atoms with Crippen molar-refractivity contribution in [2.45, 2.75) is 424 Å². The van der Waals surface area contributed by atoms with Gasteiger partial charge in [0.05, 0.1) is 94.7 Å². The molecule has 0 radical (unpaired) electrons. The van der Waals surface area contributed by atoms with E-state index < -0.39 is 39.0 Å². The first kappa shape index (κ1) is 116. The molecule has 3 aromatic carbocycles. The van der Waals surface area contributed by atoms with Gasteiger partial charge in [-0.15, -0.1) is 0 Å². The van der Waals surface area contributed by atoms with Crippen LogP contribution in [0, 0.1) is 0 Å². The Kier molecular flexibility index (Phi) is 85.1. The van der Waals surface area contributed by atoms with E-state index in [1.54, 1.807) is 54.6 Å². The average molecular weight is 1660 g/mol. The first-order valence-corrected chi connectivity index (χ1v) is 51.4. The quantitative estimate of drug-likeness (QED) is 0.0207. The third-order valence-electron chi connectivity index (χ3n) is 21.6. The summed E-state index contributed by atoms with van der Waals surface area (Å²) in [5.41, 5.74) is 0. The predicted molar refractivity (Wildman–Crippen MR) is 478 cm³/mol. The molecule has 0 fully saturated rings. The van der Waals surface area contributed by atoms with Gasteiger partial charge in [-0.2, -0.15) is 25.3 Å². The molecule has 0 heterocycles. The van der Waals surface area contributed by atoms with E-state index in [2.05, 4.69) is 83.5 Å². The highest BCUT2D eigenvalue weighted by molar-refractivity contribution is 7.86. The second kappa shape index (κ2) is 82.3. The average Bonchev–Trinajstić information content (AvgIpc) is 0.902. The number of rotatable bonds is 66. The Labute approximate surface area is 696 Å². The van der Waals surface area contributed by atoms with Crippen LogP contribution in [0.5, 0.6) is 0 Å². The van der Waals surface area contributed by atoms with E-state index in [-0.39, 0.29) is 14.7 Å². The minimum atomic E-state index is -4.00. The number of hydrogen-bond acceptors (Lipinski definition) is 9. The lowest BCUT2D eigenvalue weighted by molar-refractivity contribution is -0.910. The Morgan fingerprint density at radius 2 is 0.312 bits per heavy atom. The molecule has 3 N–H and O–H groups in total. The van der Waals surface area contributed by atoms with Gasteiger partial charge in [-0.05, 0) is 152 Å². The maximum Gasteiger partial charge on any atom is 0.294 e. The van der Waals surface area contributed by atoms with Crippen molar-refractivity contribution < 1.29 is 67.0 Å². The van der Waals surface area contributed by atoms with Crippen molar-refractivity contribution in [1.82, 2.24) is 0 Å². The molecule has 0 unspecified atom stereocenters. The molecule has 0 aliphatic heterocycles. The third kappa shape index (κ3) is 84.0. The molecule has 662 valence electrons. The summed E-state index contributed by atoms with van der Waals surface area (Å²) in [4.78, 5) is 25.2. The van der Waals surface area contributed by atoms with Gasteiger partial charge < -0.3 is 36.7 Å². The van der Waals surface area contributed by atoms with E-state index in [1.807, 2.05) is 0 Å². The Morgan fingerprint density at radius 3 is 0.402 bits per heavy atom. The number of nitrogens with zero attached hydrogens (tertiary/aromatic N) is 3. The molecule has 0 aliphatic carbocycles. The molecule has 0 amide bonds. The van der Waals surface area contributed by atoms with Gasteiger partial charge >= 0.3 is 0 Å². The summed E-state index contributed by atoms with van der Waals surface area (Å²) in [6, 6.07) is 22.3. The topological polar surface area (TPSA) is 232 Å². The van der Waals surface area contributed by atoms with Crippen LogP contribution in [-0.4, -0.2) is 132 Å². The van der Waals surface area contributed by atoms with Gasteiger partial charge in [0.15, 0.2) is 0 Å². The van der Waals surface area contributed by atoms with E-state index in [9.17, 15) is 25.3 Å². The fraction of sp³-hybridized carbons (Fsp3) is 0.806. The lowest BCUT2D eigenvalue weighted by atomic mass is 10.1. The molecule has 19 heteroatoms. The molecule has 3 aromatic rings. The SMILES string of the molecule is CCCCCCCC[N+](C)(CCCCCCCC)CCCCCCCC.CCCCCCCC[N+](C)(CCCCCCCC)CCCCCCCC.CCCCCCCC[N+](C)(CCCCCCCC)CCCCCCCC.O=S(=O)(O)c1ccccc1.O=S(=O)(O)c1ccccc1.O=S(=O)(O)c1ccccc1.[O-]P([O-])[O-]. The summed E-state index contributed by atoms with van der Waals surface area (Å²) < 4.78 is 91.8. The third-order valence-corrected chi connectivity index (χ3v) is 24.2. The van der Waals surface area contributed by atoms with Gasteiger partial charge in [-0.25, -0.2) is 0 Å². The smallest absolute Gasteiger partial charge is 0.294 e. The van der Waals surface area contributed by atoms with Crippen molar-refractivity contribution in [2.75, 3.05) is 80.0 Å². The van der Waals surface area contributed by atoms with Gasteiger partial charge in [0.1, 0.15) is 0 Å². The summed E-state index contributed by atoms with van der Waals surface area (Å²) in [5.74, 6) is 0. The molecule has 0 atom stereocenters. The maximum absolute atomic E-state index is 10.4. The van der Waals surface area contributed by atoms with Crippen LogP contribution in [-0.2, 0) is 30.4 Å². The van der Waals surface area contributed by atoms with E-state index >= 15 is 0 Å². The summed E-state index contributed by atoms with van der Waals surface area (Å²) >= 11 is 0. The van der Waals surface area contributed by atoms with Crippen LogP contribution in [0.2, 0.25) is 0 Å². The van der Waals surface area contributed by atoms with E-state index in [0.29, 0.717) is 0 Å². The van der Waals surface area contributed by atoms with Crippen molar-refractivity contribution in [3.05, 3.63) is 91.0 Å². The second-order valence-electron chi connectivity index (χ2n) is 32.9. The van der Waals surface area contributed by atoms with Crippen LogP contribution in [0.3, 0.4) is 0 Å². The highest BCUT2D eigenvalue weighted by Gasteiger charge is 2.23. The zero-order valence-electron chi connectivity index (χ0n) is 74.7. The Hall–Kier alpha value is -2.42. The van der Waals surface area contributed by atoms with Gasteiger partial charge in [0, 0.05) is 0 Å². The molecular weight excluding hydrogens is 1480 g/mol. The molecule has 0 aliphatic rings. The zero-order valence-corrected chi connectivity index (χ0v) is 78.1. The highest BCUT2D eigenvalue weighted by atomic mass is 32.2. The van der Waals surface area contributed by atoms with Crippen molar-refractivity contribution in [1.29, 1.82) is 0 Å². The molecule has 0 saturated heterocycles. The maximum atomic E-state index is 10.4. The Morgan fingerprint density at radius 1 is 0.214 bits per heavy atom. The predicted octanol–water partition coefficient (Wildman–Crippen LogP) is 25.6. The molecule has 0 bridgehead atoms. The normalized spacial score (nSPS) is 11.7. The number of hydrogen-bond donors (Lipinski definition) is 3. The van der Waals surface area contributed by atoms with Gasteiger partial charge in [0.25, 0.3) is 30.4 Å². The van der Waals surface area contributed by atoms with Gasteiger partial charge in [-0.1, -0.05) is 348 Å². The van der Waals surface area contributed by atoms with Crippen LogP contribution in [0.15, 0.2) is 106 Å². The van der Waals surface area contributed by atoms with E-state index in [1.165, 1.54) is 455 Å². The zero-order chi connectivity index (χ0) is 84.5. The van der Waals surface area contributed by atoms with Crippen LogP contribution in [0.1, 0.15) is 409 Å². The van der Waals surface area contributed by atoms with Crippen LogP contribution in [0.25, 0.3) is 0 Å². The van der Waals surface area contributed by atoms with Crippen LogP contribution >= 0.6 is 8.60 Å². The monoisotopic (exact) mass is 1660 g/mol. The van der Waals surface area contributed by atoms with Crippen LogP contribution in [0.4, 0.5) is 0 Å². The molecule has 3 rings (SSSR count). The summed E-state index contributed by atoms with van der Waals surface area (Å²) in [5, 5.41) is 0. The fourth-order valence-electron chi connectivity index (χ4n) is 14.2.